The van der Waals surface area contributed by atoms with E-state index in [1.54, 1.807) is 37.6 Å². The van der Waals surface area contributed by atoms with Gasteiger partial charge in [-0.3, -0.25) is 9.59 Å². The molecule has 4 rings (SSSR count). The molecule has 1 amide bonds. The summed E-state index contributed by atoms with van der Waals surface area (Å²) in [5, 5.41) is 14.3. The lowest BCUT2D eigenvalue weighted by molar-refractivity contribution is -0.123. The van der Waals surface area contributed by atoms with Crippen molar-refractivity contribution < 1.29 is 28.9 Å². The molecule has 0 saturated carbocycles. The molecule has 8 nitrogen and oxygen atoms in total. The molecule has 1 aromatic carbocycles. The Morgan fingerprint density at radius 3 is 2.50 bits per heavy atom. The third kappa shape index (κ3) is 8.83. The summed E-state index contributed by atoms with van der Waals surface area (Å²) in [5.41, 5.74) is 1.71. The van der Waals surface area contributed by atoms with Crippen LogP contribution in [0.4, 0.5) is 0 Å². The zero-order valence-corrected chi connectivity index (χ0v) is 23.5. The number of allylic oxidation sites excluding steroid dienone is 4. The summed E-state index contributed by atoms with van der Waals surface area (Å²) in [6.07, 6.45) is 16.2. The highest BCUT2D eigenvalue weighted by atomic mass is 16.6. The van der Waals surface area contributed by atoms with E-state index in [-0.39, 0.29) is 11.7 Å². The molecule has 1 fully saturated rings. The van der Waals surface area contributed by atoms with Crippen molar-refractivity contribution in [3.05, 3.63) is 77.7 Å². The van der Waals surface area contributed by atoms with Gasteiger partial charge < -0.3 is 29.5 Å². The van der Waals surface area contributed by atoms with Gasteiger partial charge in [0.05, 0.1) is 13.2 Å². The van der Waals surface area contributed by atoms with Crippen molar-refractivity contribution in [3.63, 3.8) is 0 Å². The first kappa shape index (κ1) is 29.6. The van der Waals surface area contributed by atoms with Crippen LogP contribution in [-0.4, -0.2) is 60.6 Å². The number of unbranched alkanes of at least 4 members (excludes halogenated alkanes) is 3. The highest BCUT2D eigenvalue weighted by Crippen LogP contribution is 2.28. The Morgan fingerprint density at radius 1 is 1.05 bits per heavy atom. The number of likely N-dealkylation sites (tertiary alicyclic amines) is 1. The minimum atomic E-state index is -1.03. The van der Waals surface area contributed by atoms with Gasteiger partial charge in [0, 0.05) is 24.9 Å². The number of ketones is 1. The number of aliphatic hydroxyl groups excluding tert-OH is 1. The van der Waals surface area contributed by atoms with Gasteiger partial charge >= 0.3 is 0 Å². The van der Waals surface area contributed by atoms with Gasteiger partial charge in [0.2, 0.25) is 5.91 Å². The molecule has 8 heteroatoms. The number of hydrogen-bond donors (Lipinski definition) is 2. The van der Waals surface area contributed by atoms with E-state index < -0.39 is 12.1 Å². The average Bonchev–Trinajstić information content (AvgIpc) is 3.52. The minimum Gasteiger partial charge on any atom is -0.497 e. The standard InChI is InChI=1S/C32H42N2O6/c1-38-26-17-15-24(16-18-26)28(35)13-7-2-3-8-14-31(36)33-27(21-34-19-9-10-20-34)32(37)30-23-39-22-29(40-30)25-11-5-4-6-12-25/h4-5,11,15-18,22-23,27,32,37H,2-3,6-10,12-14,19-21H2,1H3,(H,33,36)/t27-,32-/m1/s1. The highest BCUT2D eigenvalue weighted by molar-refractivity contribution is 5.96. The van der Waals surface area contributed by atoms with Crippen LogP contribution in [0.15, 0.2) is 72.1 Å². The zero-order valence-electron chi connectivity index (χ0n) is 23.5. The molecule has 0 aromatic heterocycles. The molecule has 0 spiro atoms. The van der Waals surface area contributed by atoms with Crippen molar-refractivity contribution in [1.29, 1.82) is 0 Å². The Kier molecular flexibility index (Phi) is 11.4. The van der Waals surface area contributed by atoms with E-state index in [0.717, 1.165) is 75.8 Å². The Bertz CT molecular complexity index is 1110. The smallest absolute Gasteiger partial charge is 0.220 e. The number of carbonyl (C=O) groups excluding carboxylic acids is 2. The van der Waals surface area contributed by atoms with Gasteiger partial charge in [0.15, 0.2) is 17.3 Å². The number of rotatable bonds is 15. The van der Waals surface area contributed by atoms with Crippen LogP contribution >= 0.6 is 0 Å². The van der Waals surface area contributed by atoms with Gasteiger partial charge in [-0.25, -0.2) is 0 Å². The van der Waals surface area contributed by atoms with Crippen LogP contribution in [0, 0.1) is 0 Å². The number of aliphatic hydroxyl groups is 1. The summed E-state index contributed by atoms with van der Waals surface area (Å²) in [6, 6.07) is 6.67. The van der Waals surface area contributed by atoms with Crippen LogP contribution in [0.1, 0.15) is 74.6 Å². The van der Waals surface area contributed by atoms with Crippen LogP contribution < -0.4 is 10.1 Å². The van der Waals surface area contributed by atoms with Crippen molar-refractivity contribution >= 4 is 11.7 Å². The largest absolute Gasteiger partial charge is 0.497 e. The number of amides is 1. The lowest BCUT2D eigenvalue weighted by Gasteiger charge is -2.30. The van der Waals surface area contributed by atoms with E-state index in [9.17, 15) is 14.7 Å². The van der Waals surface area contributed by atoms with Gasteiger partial charge in [0.25, 0.3) is 0 Å². The molecule has 1 aliphatic carbocycles. The summed E-state index contributed by atoms with van der Waals surface area (Å²) in [4.78, 5) is 27.5. The van der Waals surface area contributed by atoms with Crippen molar-refractivity contribution in [2.24, 2.45) is 0 Å². The first-order valence-electron chi connectivity index (χ1n) is 14.5. The van der Waals surface area contributed by atoms with E-state index in [4.69, 9.17) is 14.2 Å². The summed E-state index contributed by atoms with van der Waals surface area (Å²) in [6.45, 7) is 2.45. The normalized spacial score (nSPS) is 18.5. The molecule has 0 radical (unpaired) electrons. The summed E-state index contributed by atoms with van der Waals surface area (Å²) < 4.78 is 16.7. The molecular weight excluding hydrogens is 508 g/mol. The second-order valence-electron chi connectivity index (χ2n) is 10.6. The second kappa shape index (κ2) is 15.4. The number of Topliss-reactive ketones (excluding diaryl/α,β-unsaturated/α-hetero) is 1. The molecular formula is C32H42N2O6. The molecule has 1 saturated heterocycles. The maximum atomic E-state index is 12.9. The first-order valence-corrected chi connectivity index (χ1v) is 14.5. The van der Waals surface area contributed by atoms with Crippen molar-refractivity contribution in [1.82, 2.24) is 10.2 Å². The molecule has 1 aromatic rings. The fraction of sp³-hybridized carbons (Fsp3) is 0.500. The Balaban J connectivity index is 1.21. The molecule has 2 N–H and O–H groups in total. The van der Waals surface area contributed by atoms with E-state index in [1.165, 1.54) is 6.26 Å². The molecule has 0 bridgehead atoms. The summed E-state index contributed by atoms with van der Waals surface area (Å²) in [5.74, 6) is 1.66. The Hall–Kier alpha value is -3.36. The van der Waals surface area contributed by atoms with Crippen LogP contribution in [0.5, 0.6) is 5.75 Å². The first-order chi connectivity index (χ1) is 19.5. The van der Waals surface area contributed by atoms with Crippen LogP contribution in [-0.2, 0) is 14.3 Å². The molecule has 2 heterocycles. The zero-order chi connectivity index (χ0) is 28.2. The lowest BCUT2D eigenvalue weighted by Crippen LogP contribution is -2.51. The maximum absolute atomic E-state index is 12.9. The summed E-state index contributed by atoms with van der Waals surface area (Å²) in [7, 11) is 1.60. The fourth-order valence-electron chi connectivity index (χ4n) is 5.21. The van der Waals surface area contributed by atoms with Gasteiger partial charge in [-0.05, 0) is 81.5 Å². The van der Waals surface area contributed by atoms with Crippen LogP contribution in [0.25, 0.3) is 0 Å². The third-order valence-electron chi connectivity index (χ3n) is 7.56. The van der Waals surface area contributed by atoms with Crippen molar-refractivity contribution in [2.75, 3.05) is 26.7 Å². The molecule has 2 atom stereocenters. The van der Waals surface area contributed by atoms with Gasteiger partial charge in [-0.2, -0.15) is 0 Å². The van der Waals surface area contributed by atoms with Crippen LogP contribution in [0.3, 0.4) is 0 Å². The predicted molar refractivity (Wildman–Crippen MR) is 153 cm³/mol. The molecule has 2 aliphatic heterocycles. The number of nitrogens with zero attached hydrogens (tertiary/aromatic N) is 1. The van der Waals surface area contributed by atoms with Gasteiger partial charge in [0.1, 0.15) is 24.4 Å². The Labute approximate surface area is 237 Å². The summed E-state index contributed by atoms with van der Waals surface area (Å²) >= 11 is 0. The predicted octanol–water partition coefficient (Wildman–Crippen LogP) is 5.17. The Morgan fingerprint density at radius 2 is 1.80 bits per heavy atom. The SMILES string of the molecule is COc1ccc(C(=O)CCCCCCC(=O)N[C@H](CN2CCCC2)[C@@H](O)C2=COC=C(C3=CC=CCC3)O2)cc1. The number of nitrogens with one attached hydrogen (secondary N) is 1. The lowest BCUT2D eigenvalue weighted by atomic mass is 10.0. The molecule has 0 unspecified atom stereocenters. The highest BCUT2D eigenvalue weighted by Gasteiger charge is 2.31. The fourth-order valence-corrected chi connectivity index (χ4v) is 5.21. The van der Waals surface area contributed by atoms with Crippen molar-refractivity contribution in [3.8, 4) is 5.75 Å². The second-order valence-corrected chi connectivity index (χ2v) is 10.6. The van der Waals surface area contributed by atoms with E-state index in [2.05, 4.69) is 16.3 Å². The number of carbonyl (C=O) groups is 2. The van der Waals surface area contributed by atoms with Crippen LogP contribution in [0.2, 0.25) is 0 Å². The molecule has 3 aliphatic rings. The molecule has 216 valence electrons. The topological polar surface area (TPSA) is 97.3 Å². The van der Waals surface area contributed by atoms with E-state index in [1.807, 2.05) is 12.2 Å². The van der Waals surface area contributed by atoms with Gasteiger partial charge in [-0.15, -0.1) is 0 Å². The van der Waals surface area contributed by atoms with E-state index in [0.29, 0.717) is 36.5 Å². The number of methoxy groups -OCH3 is 1. The maximum Gasteiger partial charge on any atom is 0.220 e. The number of benzene rings is 1. The average molecular weight is 551 g/mol. The number of hydrogen-bond acceptors (Lipinski definition) is 7. The van der Waals surface area contributed by atoms with Crippen molar-refractivity contribution in [2.45, 2.75) is 76.4 Å². The quantitative estimate of drug-likeness (QED) is 0.230. The third-order valence-corrected chi connectivity index (χ3v) is 7.56. The molecule has 40 heavy (non-hydrogen) atoms. The monoisotopic (exact) mass is 550 g/mol. The van der Waals surface area contributed by atoms with Gasteiger partial charge in [-0.1, -0.05) is 31.1 Å². The van der Waals surface area contributed by atoms with E-state index >= 15 is 0 Å². The number of ether oxygens (including phenoxy) is 3. The minimum absolute atomic E-state index is 0.0919.